The molecule has 0 saturated carbocycles. The molecule has 0 aliphatic rings. The molecule has 4 nitrogen and oxygen atoms in total. The first kappa shape index (κ1) is 15.3. The van der Waals surface area contributed by atoms with E-state index in [4.69, 9.17) is 5.11 Å². The van der Waals surface area contributed by atoms with Gasteiger partial charge in [0.2, 0.25) is 0 Å². The Bertz CT molecular complexity index is 725. The van der Waals surface area contributed by atoms with Crippen LogP contribution in [0.25, 0.3) is 0 Å². The second-order valence-electron chi connectivity index (χ2n) is 4.75. The minimum Gasteiger partial charge on any atom is -0.478 e. The second kappa shape index (κ2) is 6.10. The number of aromatic carboxylic acids is 1. The topological polar surface area (TPSA) is 66.4 Å². The number of hydrogen-bond donors (Lipinski definition) is 2. The van der Waals surface area contributed by atoms with E-state index >= 15 is 0 Å². The minimum absolute atomic E-state index is 0.181. The lowest BCUT2D eigenvalue weighted by Crippen LogP contribution is -2.14. The molecule has 2 aromatic carbocycles. The highest BCUT2D eigenvalue weighted by molar-refractivity contribution is 9.10. The van der Waals surface area contributed by atoms with Crippen LogP contribution in [0.5, 0.6) is 0 Å². The Kier molecular flexibility index (Phi) is 4.43. The van der Waals surface area contributed by atoms with Gasteiger partial charge < -0.3 is 10.4 Å². The first-order valence-electron chi connectivity index (χ1n) is 6.30. The molecule has 0 saturated heterocycles. The van der Waals surface area contributed by atoms with Crippen LogP contribution in [0, 0.1) is 13.8 Å². The van der Waals surface area contributed by atoms with Crippen molar-refractivity contribution in [3.8, 4) is 0 Å². The van der Waals surface area contributed by atoms with Crippen molar-refractivity contribution < 1.29 is 14.7 Å². The number of halogens is 1. The number of amides is 1. The summed E-state index contributed by atoms with van der Waals surface area (Å²) in [5.41, 5.74) is 2.69. The Hall–Kier alpha value is -2.14. The Morgan fingerprint density at radius 1 is 1.00 bits per heavy atom. The van der Waals surface area contributed by atoms with Gasteiger partial charge in [-0.15, -0.1) is 0 Å². The maximum absolute atomic E-state index is 12.2. The minimum atomic E-state index is -1.01. The van der Waals surface area contributed by atoms with Gasteiger partial charge >= 0.3 is 5.97 Å². The normalized spacial score (nSPS) is 10.2. The molecule has 108 valence electrons. The maximum Gasteiger partial charge on any atom is 0.336 e. The van der Waals surface area contributed by atoms with E-state index in [-0.39, 0.29) is 11.5 Å². The van der Waals surface area contributed by atoms with Crippen LogP contribution in [0.4, 0.5) is 5.69 Å². The maximum atomic E-state index is 12.2. The standard InChI is InChI=1S/C16H14BrNO3/c1-9-3-5-12(8-14(9)16(20)21)18-15(19)13-6-4-11(17)7-10(13)2/h3-8H,1-2H3,(H,18,19)(H,20,21). The summed E-state index contributed by atoms with van der Waals surface area (Å²) < 4.78 is 0.903. The zero-order valence-electron chi connectivity index (χ0n) is 11.6. The summed E-state index contributed by atoms with van der Waals surface area (Å²) in [6.07, 6.45) is 0. The Labute approximate surface area is 130 Å². The van der Waals surface area contributed by atoms with Crippen LogP contribution in [-0.2, 0) is 0 Å². The zero-order chi connectivity index (χ0) is 15.6. The first-order valence-corrected chi connectivity index (χ1v) is 7.09. The van der Waals surface area contributed by atoms with E-state index < -0.39 is 5.97 Å². The lowest BCUT2D eigenvalue weighted by atomic mass is 10.1. The largest absolute Gasteiger partial charge is 0.478 e. The molecule has 21 heavy (non-hydrogen) atoms. The van der Waals surface area contributed by atoms with E-state index in [1.54, 1.807) is 31.2 Å². The van der Waals surface area contributed by atoms with Gasteiger partial charge in [0, 0.05) is 15.7 Å². The van der Waals surface area contributed by atoms with E-state index in [0.29, 0.717) is 16.8 Å². The van der Waals surface area contributed by atoms with Gasteiger partial charge in [-0.25, -0.2) is 4.79 Å². The van der Waals surface area contributed by atoms with Crippen molar-refractivity contribution in [2.24, 2.45) is 0 Å². The highest BCUT2D eigenvalue weighted by atomic mass is 79.9. The van der Waals surface area contributed by atoms with Crippen molar-refractivity contribution in [2.75, 3.05) is 5.32 Å². The molecule has 0 aliphatic carbocycles. The van der Waals surface area contributed by atoms with Crippen molar-refractivity contribution in [1.29, 1.82) is 0 Å². The average molecular weight is 348 g/mol. The molecule has 0 aliphatic heterocycles. The van der Waals surface area contributed by atoms with Gasteiger partial charge in [0.1, 0.15) is 0 Å². The van der Waals surface area contributed by atoms with Crippen LogP contribution in [-0.4, -0.2) is 17.0 Å². The molecule has 0 atom stereocenters. The van der Waals surface area contributed by atoms with Crippen molar-refractivity contribution in [3.05, 3.63) is 63.1 Å². The molecule has 0 radical (unpaired) electrons. The summed E-state index contributed by atoms with van der Waals surface area (Å²) >= 11 is 3.35. The van der Waals surface area contributed by atoms with Gasteiger partial charge in [-0.3, -0.25) is 4.79 Å². The second-order valence-corrected chi connectivity index (χ2v) is 5.66. The molecule has 1 amide bonds. The van der Waals surface area contributed by atoms with E-state index in [2.05, 4.69) is 21.2 Å². The number of carbonyl (C=O) groups is 2. The van der Waals surface area contributed by atoms with Crippen LogP contribution in [0.2, 0.25) is 0 Å². The van der Waals surface area contributed by atoms with Gasteiger partial charge in [-0.05, 0) is 55.3 Å². The number of anilines is 1. The first-order chi connectivity index (χ1) is 9.88. The number of nitrogens with one attached hydrogen (secondary N) is 1. The molecular weight excluding hydrogens is 334 g/mol. The summed E-state index contributed by atoms with van der Waals surface area (Å²) in [4.78, 5) is 23.3. The van der Waals surface area contributed by atoms with Gasteiger partial charge in [0.25, 0.3) is 5.91 Å². The quantitative estimate of drug-likeness (QED) is 0.881. The van der Waals surface area contributed by atoms with Crippen molar-refractivity contribution in [3.63, 3.8) is 0 Å². The van der Waals surface area contributed by atoms with Gasteiger partial charge in [-0.1, -0.05) is 22.0 Å². The molecule has 0 unspecified atom stereocenters. The lowest BCUT2D eigenvalue weighted by molar-refractivity contribution is 0.0695. The number of carboxylic acids is 1. The summed E-state index contributed by atoms with van der Waals surface area (Å²) in [7, 11) is 0. The summed E-state index contributed by atoms with van der Waals surface area (Å²) in [5, 5.41) is 11.8. The fourth-order valence-corrected chi connectivity index (χ4v) is 2.49. The van der Waals surface area contributed by atoms with E-state index in [1.807, 2.05) is 13.0 Å². The highest BCUT2D eigenvalue weighted by Crippen LogP contribution is 2.19. The SMILES string of the molecule is Cc1ccc(NC(=O)c2ccc(Br)cc2C)cc1C(=O)O. The van der Waals surface area contributed by atoms with Crippen LogP contribution in [0.15, 0.2) is 40.9 Å². The average Bonchev–Trinajstić information content (AvgIpc) is 2.40. The van der Waals surface area contributed by atoms with Crippen LogP contribution in [0.1, 0.15) is 31.8 Å². The molecule has 2 N–H and O–H groups in total. The Morgan fingerprint density at radius 3 is 2.33 bits per heavy atom. The van der Waals surface area contributed by atoms with Crippen LogP contribution in [0.3, 0.4) is 0 Å². The van der Waals surface area contributed by atoms with E-state index in [9.17, 15) is 9.59 Å². The third-order valence-electron chi connectivity index (χ3n) is 3.16. The number of benzene rings is 2. The third-order valence-corrected chi connectivity index (χ3v) is 3.65. The molecule has 0 heterocycles. The molecule has 0 aromatic heterocycles. The molecular formula is C16H14BrNO3. The van der Waals surface area contributed by atoms with Crippen LogP contribution >= 0.6 is 15.9 Å². The smallest absolute Gasteiger partial charge is 0.336 e. The fourth-order valence-electron chi connectivity index (χ4n) is 2.01. The summed E-state index contributed by atoms with van der Waals surface area (Å²) in [5.74, 6) is -1.27. The van der Waals surface area contributed by atoms with Crippen molar-refractivity contribution >= 4 is 33.5 Å². The number of hydrogen-bond acceptors (Lipinski definition) is 2. The molecule has 2 rings (SSSR count). The lowest BCUT2D eigenvalue weighted by Gasteiger charge is -2.10. The third kappa shape index (κ3) is 3.49. The van der Waals surface area contributed by atoms with Gasteiger partial charge in [-0.2, -0.15) is 0 Å². The van der Waals surface area contributed by atoms with E-state index in [0.717, 1.165) is 10.0 Å². The van der Waals surface area contributed by atoms with Crippen LogP contribution < -0.4 is 5.32 Å². The van der Waals surface area contributed by atoms with Crippen molar-refractivity contribution in [1.82, 2.24) is 0 Å². The number of carbonyl (C=O) groups excluding carboxylic acids is 1. The molecule has 0 fully saturated rings. The monoisotopic (exact) mass is 347 g/mol. The Balaban J connectivity index is 2.27. The zero-order valence-corrected chi connectivity index (χ0v) is 13.2. The summed E-state index contributed by atoms with van der Waals surface area (Å²) in [6, 6.07) is 10.2. The highest BCUT2D eigenvalue weighted by Gasteiger charge is 2.12. The fraction of sp³-hybridized carbons (Fsp3) is 0.125. The van der Waals surface area contributed by atoms with Crippen molar-refractivity contribution in [2.45, 2.75) is 13.8 Å². The van der Waals surface area contributed by atoms with Gasteiger partial charge in [0.15, 0.2) is 0 Å². The molecule has 2 aromatic rings. The van der Waals surface area contributed by atoms with Gasteiger partial charge in [0.05, 0.1) is 5.56 Å². The molecule has 0 spiro atoms. The predicted octanol–water partition coefficient (Wildman–Crippen LogP) is 4.02. The number of aryl methyl sites for hydroxylation is 2. The summed E-state index contributed by atoms with van der Waals surface area (Å²) in [6.45, 7) is 3.56. The molecule has 5 heteroatoms. The predicted molar refractivity (Wildman–Crippen MR) is 85.0 cm³/mol. The Morgan fingerprint density at radius 2 is 1.71 bits per heavy atom. The molecule has 0 bridgehead atoms. The number of rotatable bonds is 3. The number of carboxylic acid groups (broad SMARTS) is 1. The van der Waals surface area contributed by atoms with E-state index in [1.165, 1.54) is 6.07 Å².